The van der Waals surface area contributed by atoms with Crippen molar-refractivity contribution in [3.05, 3.63) is 27.2 Å². The van der Waals surface area contributed by atoms with Gasteiger partial charge < -0.3 is 4.74 Å². The fourth-order valence-electron chi connectivity index (χ4n) is 1.75. The second-order valence-corrected chi connectivity index (χ2v) is 7.22. The summed E-state index contributed by atoms with van der Waals surface area (Å²) in [6, 6.07) is 3.21. The van der Waals surface area contributed by atoms with E-state index in [1.165, 1.54) is 10.4 Å². The summed E-state index contributed by atoms with van der Waals surface area (Å²) >= 11 is 9.29. The number of ether oxygens (including phenoxy) is 1. The van der Waals surface area contributed by atoms with Gasteiger partial charge in [0.05, 0.1) is 18.1 Å². The molecule has 0 unspecified atom stereocenters. The molecule has 0 N–H and O–H groups in total. The van der Waals surface area contributed by atoms with Gasteiger partial charge in [0.25, 0.3) is 0 Å². The third-order valence-corrected chi connectivity index (χ3v) is 6.07. The molecule has 0 saturated carbocycles. The van der Waals surface area contributed by atoms with Crippen LogP contribution in [0.2, 0.25) is 5.02 Å². The van der Waals surface area contributed by atoms with Crippen molar-refractivity contribution >= 4 is 37.6 Å². The lowest BCUT2D eigenvalue weighted by molar-refractivity contribution is 0.0730. The predicted octanol–water partition coefficient (Wildman–Crippen LogP) is 2.43. The van der Waals surface area contributed by atoms with Crippen molar-refractivity contribution in [2.75, 3.05) is 26.3 Å². The van der Waals surface area contributed by atoms with Gasteiger partial charge in [-0.3, -0.25) is 0 Å². The van der Waals surface area contributed by atoms with E-state index in [9.17, 15) is 8.42 Å². The van der Waals surface area contributed by atoms with E-state index < -0.39 is 10.0 Å². The maximum atomic E-state index is 12.5. The van der Waals surface area contributed by atoms with E-state index >= 15 is 0 Å². The number of morpholine rings is 1. The minimum atomic E-state index is -3.51. The molecular formula is C11H13BrClNO3S. The Morgan fingerprint density at radius 3 is 2.56 bits per heavy atom. The first kappa shape index (κ1) is 14.3. The molecular weight excluding hydrogens is 342 g/mol. The third kappa shape index (κ3) is 2.72. The molecule has 0 atom stereocenters. The number of halogens is 2. The molecule has 2 rings (SSSR count). The van der Waals surface area contributed by atoms with E-state index in [4.69, 9.17) is 16.3 Å². The molecule has 1 aromatic rings. The standard InChI is InChI=1S/C11H13BrClNO3S/c1-8-6-9(12)11(7-10(8)13)18(15,16)14-2-4-17-5-3-14/h6-7H,2-5H2,1H3. The Labute approximate surface area is 120 Å². The molecule has 18 heavy (non-hydrogen) atoms. The molecule has 0 aliphatic carbocycles. The summed E-state index contributed by atoms with van der Waals surface area (Å²) in [4.78, 5) is 0.208. The molecule has 1 aliphatic rings. The van der Waals surface area contributed by atoms with Gasteiger partial charge in [0.2, 0.25) is 10.0 Å². The first-order chi connectivity index (χ1) is 8.43. The number of sulfonamides is 1. The summed E-state index contributed by atoms with van der Waals surface area (Å²) < 4.78 is 32.0. The second-order valence-electron chi connectivity index (χ2n) is 4.05. The van der Waals surface area contributed by atoms with Crippen LogP contribution in [0.3, 0.4) is 0 Å². The van der Waals surface area contributed by atoms with Crippen LogP contribution in [0.1, 0.15) is 5.56 Å². The van der Waals surface area contributed by atoms with Crippen molar-refractivity contribution < 1.29 is 13.2 Å². The van der Waals surface area contributed by atoms with Crippen LogP contribution < -0.4 is 0 Å². The molecule has 0 amide bonds. The molecule has 0 bridgehead atoms. The Hall–Kier alpha value is -0.140. The lowest BCUT2D eigenvalue weighted by atomic mass is 10.2. The minimum Gasteiger partial charge on any atom is -0.379 e. The van der Waals surface area contributed by atoms with Gasteiger partial charge in [-0.2, -0.15) is 4.31 Å². The molecule has 1 aromatic carbocycles. The fourth-order valence-corrected chi connectivity index (χ4v) is 4.53. The first-order valence-corrected chi connectivity index (χ1v) is 8.07. The van der Waals surface area contributed by atoms with E-state index in [2.05, 4.69) is 15.9 Å². The summed E-state index contributed by atoms with van der Waals surface area (Å²) in [6.45, 7) is 3.44. The second kappa shape index (κ2) is 5.46. The van der Waals surface area contributed by atoms with Crippen molar-refractivity contribution in [2.45, 2.75) is 11.8 Å². The average Bonchev–Trinajstić information content (AvgIpc) is 2.34. The Kier molecular flexibility index (Phi) is 4.33. The highest BCUT2D eigenvalue weighted by Gasteiger charge is 2.28. The predicted molar refractivity (Wildman–Crippen MR) is 73.5 cm³/mol. The molecule has 0 spiro atoms. The highest BCUT2D eigenvalue weighted by atomic mass is 79.9. The normalized spacial score (nSPS) is 17.9. The van der Waals surface area contributed by atoms with Crippen molar-refractivity contribution in [2.24, 2.45) is 0 Å². The summed E-state index contributed by atoms with van der Waals surface area (Å²) in [5.41, 5.74) is 0.837. The van der Waals surface area contributed by atoms with Crippen LogP contribution in [0.15, 0.2) is 21.5 Å². The average molecular weight is 355 g/mol. The number of benzene rings is 1. The lowest BCUT2D eigenvalue weighted by Gasteiger charge is -2.26. The SMILES string of the molecule is Cc1cc(Br)c(S(=O)(=O)N2CCOCC2)cc1Cl. The zero-order valence-corrected chi connectivity index (χ0v) is 13.0. The number of rotatable bonds is 2. The van der Waals surface area contributed by atoms with Gasteiger partial charge in [-0.05, 0) is 40.5 Å². The van der Waals surface area contributed by atoms with Gasteiger partial charge in [-0.25, -0.2) is 8.42 Å². The number of aryl methyl sites for hydroxylation is 1. The van der Waals surface area contributed by atoms with Gasteiger partial charge in [0.1, 0.15) is 0 Å². The molecule has 1 aliphatic heterocycles. The van der Waals surface area contributed by atoms with Crippen LogP contribution in [0.25, 0.3) is 0 Å². The highest BCUT2D eigenvalue weighted by Crippen LogP contribution is 2.30. The smallest absolute Gasteiger partial charge is 0.244 e. The van der Waals surface area contributed by atoms with E-state index in [0.29, 0.717) is 35.8 Å². The Morgan fingerprint density at radius 1 is 1.33 bits per heavy atom. The van der Waals surface area contributed by atoms with Crippen LogP contribution in [0.5, 0.6) is 0 Å². The maximum Gasteiger partial charge on any atom is 0.244 e. The van der Waals surface area contributed by atoms with E-state index in [1.807, 2.05) is 6.92 Å². The first-order valence-electron chi connectivity index (χ1n) is 5.46. The zero-order chi connectivity index (χ0) is 13.3. The quantitative estimate of drug-likeness (QED) is 0.819. The summed E-state index contributed by atoms with van der Waals surface area (Å²) in [5, 5.41) is 0.449. The fraction of sp³-hybridized carbons (Fsp3) is 0.455. The van der Waals surface area contributed by atoms with Gasteiger partial charge in [-0.1, -0.05) is 11.6 Å². The van der Waals surface area contributed by atoms with E-state index in [1.54, 1.807) is 6.07 Å². The van der Waals surface area contributed by atoms with Crippen LogP contribution in [0, 0.1) is 6.92 Å². The van der Waals surface area contributed by atoms with Crippen molar-refractivity contribution in [1.82, 2.24) is 4.31 Å². The zero-order valence-electron chi connectivity index (χ0n) is 9.82. The Balaban J connectivity index is 2.43. The van der Waals surface area contributed by atoms with Crippen molar-refractivity contribution in [3.8, 4) is 0 Å². The summed E-state index contributed by atoms with van der Waals surface area (Å²) in [5.74, 6) is 0. The van der Waals surface area contributed by atoms with Crippen molar-refractivity contribution in [3.63, 3.8) is 0 Å². The highest BCUT2D eigenvalue weighted by molar-refractivity contribution is 9.10. The van der Waals surface area contributed by atoms with Crippen LogP contribution in [0.4, 0.5) is 0 Å². The molecule has 0 aromatic heterocycles. The molecule has 1 saturated heterocycles. The van der Waals surface area contributed by atoms with E-state index in [0.717, 1.165) is 5.56 Å². The largest absolute Gasteiger partial charge is 0.379 e. The lowest BCUT2D eigenvalue weighted by Crippen LogP contribution is -2.40. The van der Waals surface area contributed by atoms with Gasteiger partial charge >= 0.3 is 0 Å². The number of hydrogen-bond acceptors (Lipinski definition) is 3. The monoisotopic (exact) mass is 353 g/mol. The van der Waals surface area contributed by atoms with Crippen molar-refractivity contribution in [1.29, 1.82) is 0 Å². The molecule has 1 heterocycles. The van der Waals surface area contributed by atoms with E-state index in [-0.39, 0.29) is 4.90 Å². The van der Waals surface area contributed by atoms with Gasteiger partial charge in [0.15, 0.2) is 0 Å². The van der Waals surface area contributed by atoms with Gasteiger partial charge in [0, 0.05) is 22.6 Å². The topological polar surface area (TPSA) is 46.6 Å². The summed E-state index contributed by atoms with van der Waals surface area (Å²) in [7, 11) is -3.51. The Morgan fingerprint density at radius 2 is 1.94 bits per heavy atom. The minimum absolute atomic E-state index is 0.208. The molecule has 7 heteroatoms. The maximum absolute atomic E-state index is 12.5. The Bertz CT molecular complexity index is 556. The number of nitrogens with zero attached hydrogens (tertiary/aromatic N) is 1. The third-order valence-electron chi connectivity index (χ3n) is 2.80. The molecule has 4 nitrogen and oxygen atoms in total. The molecule has 100 valence electrons. The van der Waals surface area contributed by atoms with Crippen LogP contribution >= 0.6 is 27.5 Å². The molecule has 0 radical (unpaired) electrons. The van der Waals surface area contributed by atoms with Crippen LogP contribution in [-0.4, -0.2) is 39.0 Å². The van der Waals surface area contributed by atoms with Gasteiger partial charge in [-0.15, -0.1) is 0 Å². The van der Waals surface area contributed by atoms with Crippen LogP contribution in [-0.2, 0) is 14.8 Å². The molecule has 1 fully saturated rings. The number of hydrogen-bond donors (Lipinski definition) is 0. The summed E-state index contributed by atoms with van der Waals surface area (Å²) in [6.07, 6.45) is 0.